The number of likely N-dealkylation sites (N-methyl/N-ethyl adjacent to an activating group) is 1. The van der Waals surface area contributed by atoms with Crippen LogP contribution in [-0.2, 0) is 4.74 Å². The first-order valence-corrected chi connectivity index (χ1v) is 6.50. The van der Waals surface area contributed by atoms with Crippen LogP contribution >= 0.6 is 0 Å². The van der Waals surface area contributed by atoms with Crippen LogP contribution in [0.25, 0.3) is 10.8 Å². The van der Waals surface area contributed by atoms with E-state index in [-0.39, 0.29) is 12.2 Å². The van der Waals surface area contributed by atoms with Crippen LogP contribution in [0, 0.1) is 0 Å². The fraction of sp³-hybridized carbons (Fsp3) is 0.375. The summed E-state index contributed by atoms with van der Waals surface area (Å²) >= 11 is 0. The fourth-order valence-corrected chi connectivity index (χ4v) is 2.28. The Morgan fingerprint density at radius 3 is 2.50 bits per heavy atom. The Bertz CT molecular complexity index is 502. The molecule has 0 aliphatic carbocycles. The van der Waals surface area contributed by atoms with Crippen LogP contribution in [0.4, 0.5) is 0 Å². The van der Waals surface area contributed by atoms with Crippen molar-refractivity contribution in [2.45, 2.75) is 26.1 Å². The van der Waals surface area contributed by atoms with E-state index in [1.165, 1.54) is 16.3 Å². The topological polar surface area (TPSA) is 21.3 Å². The minimum absolute atomic E-state index is 0.0982. The maximum absolute atomic E-state index is 6.02. The second-order valence-electron chi connectivity index (χ2n) is 4.80. The van der Waals surface area contributed by atoms with Crippen LogP contribution in [0.15, 0.2) is 42.5 Å². The summed E-state index contributed by atoms with van der Waals surface area (Å²) in [5.41, 5.74) is 1.26. The van der Waals surface area contributed by atoms with E-state index < -0.39 is 0 Å². The molecule has 2 aromatic carbocycles. The first-order chi connectivity index (χ1) is 8.72. The summed E-state index contributed by atoms with van der Waals surface area (Å²) in [5, 5.41) is 5.76. The van der Waals surface area contributed by atoms with Crippen molar-refractivity contribution in [1.29, 1.82) is 0 Å². The average molecular weight is 243 g/mol. The van der Waals surface area contributed by atoms with Gasteiger partial charge in [-0.15, -0.1) is 0 Å². The van der Waals surface area contributed by atoms with E-state index >= 15 is 0 Å². The molecule has 0 saturated heterocycles. The number of hydrogen-bond donors (Lipinski definition) is 1. The lowest BCUT2D eigenvalue weighted by Crippen LogP contribution is -2.22. The molecule has 1 atom stereocenters. The van der Waals surface area contributed by atoms with Gasteiger partial charge in [0.1, 0.15) is 0 Å². The SMILES string of the molecule is CNC[C@@H](OC(C)C)c1cccc2ccccc12. The van der Waals surface area contributed by atoms with Crippen molar-refractivity contribution < 1.29 is 4.74 Å². The van der Waals surface area contributed by atoms with Gasteiger partial charge in [-0.05, 0) is 37.2 Å². The van der Waals surface area contributed by atoms with Crippen molar-refractivity contribution in [3.05, 3.63) is 48.0 Å². The molecule has 0 amide bonds. The van der Waals surface area contributed by atoms with Gasteiger partial charge in [-0.25, -0.2) is 0 Å². The second kappa shape index (κ2) is 5.98. The summed E-state index contributed by atoms with van der Waals surface area (Å²) in [6, 6.07) is 14.9. The van der Waals surface area contributed by atoms with E-state index in [1.807, 2.05) is 7.05 Å². The predicted octanol–water partition coefficient (Wildman–Crippen LogP) is 3.53. The molecule has 0 aliphatic rings. The number of fused-ring (bicyclic) bond motifs is 1. The normalized spacial score (nSPS) is 13.1. The van der Waals surface area contributed by atoms with E-state index in [0.29, 0.717) is 0 Å². The maximum Gasteiger partial charge on any atom is 0.0958 e. The number of nitrogens with one attached hydrogen (secondary N) is 1. The highest BCUT2D eigenvalue weighted by molar-refractivity contribution is 5.86. The first kappa shape index (κ1) is 13.1. The van der Waals surface area contributed by atoms with Crippen LogP contribution in [0.1, 0.15) is 25.5 Å². The molecular formula is C16H21NO. The molecular weight excluding hydrogens is 222 g/mol. The number of rotatable bonds is 5. The zero-order valence-corrected chi connectivity index (χ0v) is 11.3. The molecule has 0 radical (unpaired) electrons. The highest BCUT2D eigenvalue weighted by Gasteiger charge is 2.15. The molecule has 0 unspecified atom stereocenters. The molecule has 96 valence electrons. The van der Waals surface area contributed by atoms with Gasteiger partial charge in [0.15, 0.2) is 0 Å². The van der Waals surface area contributed by atoms with E-state index in [2.05, 4.69) is 61.6 Å². The molecule has 0 spiro atoms. The van der Waals surface area contributed by atoms with Crippen molar-refractivity contribution in [2.24, 2.45) is 0 Å². The van der Waals surface area contributed by atoms with Crippen LogP contribution in [-0.4, -0.2) is 19.7 Å². The molecule has 0 bridgehead atoms. The first-order valence-electron chi connectivity index (χ1n) is 6.50. The molecule has 0 aromatic heterocycles. The molecule has 2 rings (SSSR count). The smallest absolute Gasteiger partial charge is 0.0958 e. The van der Waals surface area contributed by atoms with Gasteiger partial charge in [0, 0.05) is 6.54 Å². The van der Waals surface area contributed by atoms with Crippen LogP contribution in [0.3, 0.4) is 0 Å². The summed E-state index contributed by atoms with van der Waals surface area (Å²) in [4.78, 5) is 0. The average Bonchev–Trinajstić information content (AvgIpc) is 2.37. The maximum atomic E-state index is 6.02. The van der Waals surface area contributed by atoms with Crippen molar-refractivity contribution in [3.63, 3.8) is 0 Å². The highest BCUT2D eigenvalue weighted by Crippen LogP contribution is 2.27. The fourth-order valence-electron chi connectivity index (χ4n) is 2.28. The Labute approximate surface area is 109 Å². The Balaban J connectivity index is 2.43. The van der Waals surface area contributed by atoms with Gasteiger partial charge in [-0.3, -0.25) is 0 Å². The van der Waals surface area contributed by atoms with Gasteiger partial charge in [0.25, 0.3) is 0 Å². The zero-order chi connectivity index (χ0) is 13.0. The molecule has 0 fully saturated rings. The minimum Gasteiger partial charge on any atom is -0.370 e. The van der Waals surface area contributed by atoms with Crippen LogP contribution < -0.4 is 5.32 Å². The van der Waals surface area contributed by atoms with Crippen molar-refractivity contribution >= 4 is 10.8 Å². The summed E-state index contributed by atoms with van der Waals surface area (Å²) in [7, 11) is 1.96. The molecule has 0 saturated carbocycles. The third-order valence-electron chi connectivity index (χ3n) is 3.00. The summed E-state index contributed by atoms with van der Waals surface area (Å²) < 4.78 is 6.02. The van der Waals surface area contributed by atoms with E-state index in [9.17, 15) is 0 Å². The second-order valence-corrected chi connectivity index (χ2v) is 4.80. The summed E-state index contributed by atoms with van der Waals surface area (Å²) in [5.74, 6) is 0. The van der Waals surface area contributed by atoms with Gasteiger partial charge in [0.2, 0.25) is 0 Å². The van der Waals surface area contributed by atoms with Crippen molar-refractivity contribution in [1.82, 2.24) is 5.32 Å². The molecule has 2 aromatic rings. The van der Waals surface area contributed by atoms with Crippen molar-refractivity contribution in [2.75, 3.05) is 13.6 Å². The molecule has 2 heteroatoms. The Morgan fingerprint density at radius 1 is 1.06 bits per heavy atom. The van der Waals surface area contributed by atoms with E-state index in [1.54, 1.807) is 0 Å². The highest BCUT2D eigenvalue weighted by atomic mass is 16.5. The molecule has 0 aliphatic heterocycles. The Morgan fingerprint density at radius 2 is 1.78 bits per heavy atom. The van der Waals surface area contributed by atoms with Crippen LogP contribution in [0.2, 0.25) is 0 Å². The molecule has 1 N–H and O–H groups in total. The quantitative estimate of drug-likeness (QED) is 0.867. The zero-order valence-electron chi connectivity index (χ0n) is 11.3. The van der Waals surface area contributed by atoms with Gasteiger partial charge in [0.05, 0.1) is 12.2 Å². The van der Waals surface area contributed by atoms with Gasteiger partial charge < -0.3 is 10.1 Å². The number of hydrogen-bond acceptors (Lipinski definition) is 2. The lowest BCUT2D eigenvalue weighted by atomic mass is 10.00. The number of ether oxygens (including phenoxy) is 1. The third kappa shape index (κ3) is 2.89. The van der Waals surface area contributed by atoms with E-state index in [0.717, 1.165) is 6.54 Å². The summed E-state index contributed by atoms with van der Waals surface area (Å²) in [6.07, 6.45) is 0.323. The molecule has 0 heterocycles. The lowest BCUT2D eigenvalue weighted by molar-refractivity contribution is 0.00896. The van der Waals surface area contributed by atoms with Gasteiger partial charge in [-0.1, -0.05) is 42.5 Å². The standard InChI is InChI=1S/C16H21NO/c1-12(2)18-16(11-17-3)15-10-6-8-13-7-4-5-9-14(13)15/h4-10,12,16-17H,11H2,1-3H3/t16-/m1/s1. The largest absolute Gasteiger partial charge is 0.370 e. The lowest BCUT2D eigenvalue weighted by Gasteiger charge is -2.22. The van der Waals surface area contributed by atoms with E-state index in [4.69, 9.17) is 4.74 Å². The Kier molecular flexibility index (Phi) is 4.34. The monoisotopic (exact) mass is 243 g/mol. The molecule has 2 nitrogen and oxygen atoms in total. The van der Waals surface area contributed by atoms with Gasteiger partial charge in [-0.2, -0.15) is 0 Å². The minimum atomic E-state index is 0.0982. The van der Waals surface area contributed by atoms with Crippen LogP contribution in [0.5, 0.6) is 0 Å². The van der Waals surface area contributed by atoms with Gasteiger partial charge >= 0.3 is 0 Å². The number of benzene rings is 2. The summed E-state index contributed by atoms with van der Waals surface area (Å²) in [6.45, 7) is 4.98. The van der Waals surface area contributed by atoms with Crippen molar-refractivity contribution in [3.8, 4) is 0 Å². The Hall–Kier alpha value is -1.38. The molecule has 18 heavy (non-hydrogen) atoms. The third-order valence-corrected chi connectivity index (χ3v) is 3.00. The predicted molar refractivity (Wildman–Crippen MR) is 76.8 cm³/mol.